The van der Waals surface area contributed by atoms with Gasteiger partial charge in [-0.3, -0.25) is 0 Å². The van der Waals surface area contributed by atoms with Gasteiger partial charge < -0.3 is 15.5 Å². The number of aliphatic imine (C=N–C) groups is 1. The first kappa shape index (κ1) is 21.4. The Labute approximate surface area is 177 Å². The predicted octanol–water partition coefficient (Wildman–Crippen LogP) is 3.94. The van der Waals surface area contributed by atoms with E-state index >= 15 is 0 Å². The molecule has 1 aromatic heterocycles. The number of halogens is 1. The van der Waals surface area contributed by atoms with E-state index in [2.05, 4.69) is 26.6 Å². The minimum Gasteiger partial charge on any atom is -0.357 e. The Morgan fingerprint density at radius 1 is 1.17 bits per heavy atom. The molecule has 0 unspecified atom stereocenters. The monoisotopic (exact) mass is 415 g/mol. The highest BCUT2D eigenvalue weighted by Gasteiger charge is 2.13. The number of pyridine rings is 1. The zero-order valence-electron chi connectivity index (χ0n) is 17.2. The number of benzene rings is 1. The molecule has 2 aromatic rings. The zero-order chi connectivity index (χ0) is 20.5. The number of thioether (sulfide) groups is 1. The Hall–Kier alpha value is -2.28. The lowest BCUT2D eigenvalue weighted by Gasteiger charge is -2.17. The number of anilines is 1. The van der Waals surface area contributed by atoms with Crippen LogP contribution in [0.2, 0.25) is 0 Å². The van der Waals surface area contributed by atoms with Crippen LogP contribution >= 0.6 is 11.8 Å². The van der Waals surface area contributed by atoms with Crippen molar-refractivity contribution in [1.82, 2.24) is 15.6 Å². The molecule has 0 atom stereocenters. The SMILES string of the molecule is CCNC(=NCc1ccnc(N2CCCC2)c1)NCc1ccc(F)cc1CSC. The molecule has 7 heteroatoms. The molecule has 2 N–H and O–H groups in total. The van der Waals surface area contributed by atoms with Crippen LogP contribution < -0.4 is 15.5 Å². The highest BCUT2D eigenvalue weighted by molar-refractivity contribution is 7.97. The van der Waals surface area contributed by atoms with E-state index in [1.165, 1.54) is 18.9 Å². The maximum absolute atomic E-state index is 13.6. The molecule has 1 saturated heterocycles. The minimum absolute atomic E-state index is 0.190. The van der Waals surface area contributed by atoms with E-state index in [0.717, 1.165) is 53.9 Å². The van der Waals surface area contributed by atoms with Crippen LogP contribution in [0, 0.1) is 5.82 Å². The van der Waals surface area contributed by atoms with Crippen LogP contribution in [0.25, 0.3) is 0 Å². The van der Waals surface area contributed by atoms with Crippen molar-refractivity contribution in [2.24, 2.45) is 4.99 Å². The number of aromatic nitrogens is 1. The van der Waals surface area contributed by atoms with Gasteiger partial charge in [-0.15, -0.1) is 0 Å². The van der Waals surface area contributed by atoms with E-state index in [1.54, 1.807) is 17.8 Å². The summed E-state index contributed by atoms with van der Waals surface area (Å²) < 4.78 is 13.6. The van der Waals surface area contributed by atoms with Crippen LogP contribution in [0.5, 0.6) is 0 Å². The molecule has 29 heavy (non-hydrogen) atoms. The van der Waals surface area contributed by atoms with Crippen molar-refractivity contribution < 1.29 is 4.39 Å². The van der Waals surface area contributed by atoms with E-state index in [4.69, 9.17) is 4.99 Å². The fourth-order valence-corrected chi connectivity index (χ4v) is 4.01. The topological polar surface area (TPSA) is 52.6 Å². The molecule has 0 saturated carbocycles. The normalized spacial score (nSPS) is 14.3. The summed E-state index contributed by atoms with van der Waals surface area (Å²) >= 11 is 1.69. The Kier molecular flexibility index (Phi) is 8.16. The van der Waals surface area contributed by atoms with E-state index in [1.807, 2.05) is 31.5 Å². The number of guanidine groups is 1. The van der Waals surface area contributed by atoms with Gasteiger partial charge >= 0.3 is 0 Å². The zero-order valence-corrected chi connectivity index (χ0v) is 18.1. The molecule has 0 aliphatic carbocycles. The fourth-order valence-electron chi connectivity index (χ4n) is 3.43. The largest absolute Gasteiger partial charge is 0.357 e. The lowest BCUT2D eigenvalue weighted by Crippen LogP contribution is -2.37. The highest BCUT2D eigenvalue weighted by Crippen LogP contribution is 2.19. The van der Waals surface area contributed by atoms with Gasteiger partial charge in [0, 0.05) is 38.1 Å². The summed E-state index contributed by atoms with van der Waals surface area (Å²) in [5.74, 6) is 2.40. The Morgan fingerprint density at radius 2 is 2.00 bits per heavy atom. The van der Waals surface area contributed by atoms with Crippen molar-refractivity contribution in [3.63, 3.8) is 0 Å². The second-order valence-electron chi connectivity index (χ2n) is 7.11. The standard InChI is InChI=1S/C22H30FN5S/c1-3-24-22(27-15-18-6-7-20(23)13-19(18)16-29-2)26-14-17-8-9-25-21(12-17)28-10-4-5-11-28/h6-9,12-13H,3-5,10-11,14-16H2,1-2H3,(H2,24,26,27). The van der Waals surface area contributed by atoms with Crippen molar-refractivity contribution in [2.45, 2.75) is 38.6 Å². The summed E-state index contributed by atoms with van der Waals surface area (Å²) in [4.78, 5) is 11.6. The van der Waals surface area contributed by atoms with Crippen LogP contribution in [0.3, 0.4) is 0 Å². The summed E-state index contributed by atoms with van der Waals surface area (Å²) in [6, 6.07) is 9.14. The first-order valence-corrected chi connectivity index (χ1v) is 11.6. The molecule has 3 rings (SSSR count). The smallest absolute Gasteiger partial charge is 0.191 e. The molecule has 5 nitrogen and oxygen atoms in total. The van der Waals surface area contributed by atoms with Crippen molar-refractivity contribution in [1.29, 1.82) is 0 Å². The van der Waals surface area contributed by atoms with Gasteiger partial charge in [0.2, 0.25) is 0 Å². The number of hydrogen-bond acceptors (Lipinski definition) is 4. The third-order valence-electron chi connectivity index (χ3n) is 4.92. The molecule has 0 bridgehead atoms. The maximum atomic E-state index is 13.6. The summed E-state index contributed by atoms with van der Waals surface area (Å²) in [5, 5.41) is 6.67. The number of nitrogens with zero attached hydrogens (tertiary/aromatic N) is 3. The van der Waals surface area contributed by atoms with Crippen LogP contribution in [0.1, 0.15) is 36.5 Å². The van der Waals surface area contributed by atoms with Crippen molar-refractivity contribution >= 4 is 23.5 Å². The quantitative estimate of drug-likeness (QED) is 0.505. The van der Waals surface area contributed by atoms with Crippen LogP contribution in [0.15, 0.2) is 41.5 Å². The Bertz CT molecular complexity index is 821. The van der Waals surface area contributed by atoms with E-state index < -0.39 is 0 Å². The lowest BCUT2D eigenvalue weighted by molar-refractivity contribution is 0.625. The number of hydrogen-bond donors (Lipinski definition) is 2. The van der Waals surface area contributed by atoms with Gasteiger partial charge in [-0.25, -0.2) is 14.4 Å². The number of rotatable bonds is 8. The summed E-state index contributed by atoms with van der Waals surface area (Å²) in [6.45, 7) is 6.19. The van der Waals surface area contributed by atoms with E-state index in [9.17, 15) is 4.39 Å². The molecular formula is C22H30FN5S. The molecule has 0 radical (unpaired) electrons. The second kappa shape index (κ2) is 11.0. The average Bonchev–Trinajstić information content (AvgIpc) is 3.27. The molecule has 156 valence electrons. The van der Waals surface area contributed by atoms with Crippen molar-refractivity contribution in [3.8, 4) is 0 Å². The van der Waals surface area contributed by atoms with Gasteiger partial charge in [0.05, 0.1) is 6.54 Å². The summed E-state index contributed by atoms with van der Waals surface area (Å²) in [5.41, 5.74) is 3.25. The average molecular weight is 416 g/mol. The second-order valence-corrected chi connectivity index (χ2v) is 7.98. The molecule has 0 amide bonds. The highest BCUT2D eigenvalue weighted by atomic mass is 32.2. The van der Waals surface area contributed by atoms with Crippen LogP contribution in [0.4, 0.5) is 10.2 Å². The van der Waals surface area contributed by atoms with Gasteiger partial charge in [-0.1, -0.05) is 6.07 Å². The molecule has 0 spiro atoms. The Balaban J connectivity index is 1.65. The number of nitrogens with one attached hydrogen (secondary N) is 2. The van der Waals surface area contributed by atoms with Gasteiger partial charge in [-0.2, -0.15) is 11.8 Å². The third-order valence-corrected chi connectivity index (χ3v) is 5.52. The molecule has 2 heterocycles. The molecule has 1 aliphatic rings. The predicted molar refractivity (Wildman–Crippen MR) is 121 cm³/mol. The van der Waals surface area contributed by atoms with Crippen LogP contribution in [-0.4, -0.2) is 36.8 Å². The Morgan fingerprint density at radius 3 is 2.76 bits per heavy atom. The molecular weight excluding hydrogens is 385 g/mol. The minimum atomic E-state index is -0.190. The summed E-state index contributed by atoms with van der Waals surface area (Å²) in [7, 11) is 0. The van der Waals surface area contributed by atoms with Gasteiger partial charge in [0.15, 0.2) is 5.96 Å². The van der Waals surface area contributed by atoms with Gasteiger partial charge in [-0.05, 0) is 67.0 Å². The van der Waals surface area contributed by atoms with Crippen molar-refractivity contribution in [3.05, 3.63) is 59.0 Å². The third kappa shape index (κ3) is 6.35. The lowest BCUT2D eigenvalue weighted by atomic mass is 10.1. The van der Waals surface area contributed by atoms with Gasteiger partial charge in [0.25, 0.3) is 0 Å². The maximum Gasteiger partial charge on any atom is 0.191 e. The fraction of sp³-hybridized carbons (Fsp3) is 0.455. The van der Waals surface area contributed by atoms with Crippen LogP contribution in [-0.2, 0) is 18.8 Å². The van der Waals surface area contributed by atoms with Crippen molar-refractivity contribution in [2.75, 3.05) is 30.8 Å². The van der Waals surface area contributed by atoms with Gasteiger partial charge in [0.1, 0.15) is 11.6 Å². The first-order valence-electron chi connectivity index (χ1n) is 10.2. The molecule has 1 fully saturated rings. The molecule has 1 aromatic carbocycles. The first-order chi connectivity index (χ1) is 14.2. The van der Waals surface area contributed by atoms with E-state index in [0.29, 0.717) is 13.1 Å². The summed E-state index contributed by atoms with van der Waals surface area (Å²) in [6.07, 6.45) is 6.37. The van der Waals surface area contributed by atoms with E-state index in [-0.39, 0.29) is 5.82 Å². The molecule has 1 aliphatic heterocycles.